The van der Waals surface area contributed by atoms with Gasteiger partial charge in [-0.05, 0) is 32.0 Å². The van der Waals surface area contributed by atoms with Crippen molar-refractivity contribution in [1.82, 2.24) is 5.32 Å². The summed E-state index contributed by atoms with van der Waals surface area (Å²) in [4.78, 5) is 0. The third kappa shape index (κ3) is 3.12. The molecule has 0 saturated heterocycles. The van der Waals surface area contributed by atoms with Gasteiger partial charge in [-0.15, -0.1) is 0 Å². The van der Waals surface area contributed by atoms with E-state index in [2.05, 4.69) is 24.4 Å². The molecule has 0 saturated carbocycles. The highest BCUT2D eigenvalue weighted by Gasteiger charge is 2.14. The van der Waals surface area contributed by atoms with Crippen LogP contribution < -0.4 is 5.32 Å². The van der Waals surface area contributed by atoms with Crippen LogP contribution in [0.2, 0.25) is 0 Å². The standard InChI is InChI=1S/C15H21NO2/c1-3-16-13(9-10-17-4-2)15-11-12-7-5-6-8-14(12)18-15/h5-8,11,13,16H,3-4,9-10H2,1-2H3. The minimum absolute atomic E-state index is 0.231. The Balaban J connectivity index is 2.13. The Bertz CT molecular complexity index is 445. The molecular formula is C15H21NO2. The lowest BCUT2D eigenvalue weighted by atomic mass is 10.1. The summed E-state index contributed by atoms with van der Waals surface area (Å²) in [6.07, 6.45) is 0.932. The molecule has 3 heteroatoms. The third-order valence-electron chi connectivity index (χ3n) is 2.99. The molecule has 2 rings (SSSR count). The number of fused-ring (bicyclic) bond motifs is 1. The highest BCUT2D eigenvalue weighted by atomic mass is 16.5. The quantitative estimate of drug-likeness (QED) is 0.760. The van der Waals surface area contributed by atoms with Gasteiger partial charge >= 0.3 is 0 Å². The monoisotopic (exact) mass is 247 g/mol. The number of nitrogens with one attached hydrogen (secondary N) is 1. The molecular weight excluding hydrogens is 226 g/mol. The van der Waals surface area contributed by atoms with Crippen LogP contribution in [-0.4, -0.2) is 19.8 Å². The summed E-state index contributed by atoms with van der Waals surface area (Å²) in [5, 5.41) is 4.60. The maximum Gasteiger partial charge on any atom is 0.134 e. The van der Waals surface area contributed by atoms with Gasteiger partial charge in [0.1, 0.15) is 11.3 Å². The zero-order valence-electron chi connectivity index (χ0n) is 11.1. The number of hydrogen-bond acceptors (Lipinski definition) is 3. The maximum atomic E-state index is 5.90. The van der Waals surface area contributed by atoms with Crippen molar-refractivity contribution < 1.29 is 9.15 Å². The molecule has 1 aromatic heterocycles. The van der Waals surface area contributed by atoms with Crippen LogP contribution >= 0.6 is 0 Å². The summed E-state index contributed by atoms with van der Waals surface area (Å²) in [6, 6.07) is 10.5. The predicted molar refractivity (Wildman–Crippen MR) is 73.7 cm³/mol. The first kappa shape index (κ1) is 13.1. The van der Waals surface area contributed by atoms with Gasteiger partial charge in [-0.25, -0.2) is 0 Å². The molecule has 18 heavy (non-hydrogen) atoms. The van der Waals surface area contributed by atoms with Crippen LogP contribution in [0.3, 0.4) is 0 Å². The normalized spacial score (nSPS) is 13.0. The second kappa shape index (κ2) is 6.57. The van der Waals surface area contributed by atoms with Crippen LogP contribution in [0.1, 0.15) is 32.1 Å². The topological polar surface area (TPSA) is 34.4 Å². The third-order valence-corrected chi connectivity index (χ3v) is 2.99. The number of furan rings is 1. The molecule has 0 aliphatic heterocycles. The molecule has 2 aromatic rings. The van der Waals surface area contributed by atoms with E-state index in [9.17, 15) is 0 Å². The number of para-hydroxylation sites is 1. The molecule has 1 N–H and O–H groups in total. The Morgan fingerprint density at radius 3 is 2.83 bits per heavy atom. The first-order chi connectivity index (χ1) is 8.85. The van der Waals surface area contributed by atoms with E-state index in [0.29, 0.717) is 0 Å². The highest BCUT2D eigenvalue weighted by molar-refractivity contribution is 5.77. The Labute approximate surface area is 108 Å². The van der Waals surface area contributed by atoms with Crippen molar-refractivity contribution in [1.29, 1.82) is 0 Å². The van der Waals surface area contributed by atoms with Gasteiger partial charge in [-0.1, -0.05) is 25.1 Å². The fraction of sp³-hybridized carbons (Fsp3) is 0.467. The van der Waals surface area contributed by atoms with E-state index < -0.39 is 0 Å². The molecule has 3 nitrogen and oxygen atoms in total. The van der Waals surface area contributed by atoms with Gasteiger partial charge in [0.05, 0.1) is 6.04 Å². The van der Waals surface area contributed by atoms with Crippen molar-refractivity contribution in [3.63, 3.8) is 0 Å². The molecule has 0 radical (unpaired) electrons. The van der Waals surface area contributed by atoms with Crippen molar-refractivity contribution in [2.45, 2.75) is 26.3 Å². The SMILES string of the molecule is CCNC(CCOCC)c1cc2ccccc2o1. The largest absolute Gasteiger partial charge is 0.459 e. The number of benzene rings is 1. The minimum atomic E-state index is 0.231. The first-order valence-electron chi connectivity index (χ1n) is 6.64. The summed E-state index contributed by atoms with van der Waals surface area (Å²) in [7, 11) is 0. The van der Waals surface area contributed by atoms with Crippen LogP contribution in [0, 0.1) is 0 Å². The van der Waals surface area contributed by atoms with Crippen LogP contribution in [0.15, 0.2) is 34.7 Å². The van der Waals surface area contributed by atoms with E-state index in [1.807, 2.05) is 25.1 Å². The zero-order valence-corrected chi connectivity index (χ0v) is 11.1. The van der Waals surface area contributed by atoms with Gasteiger partial charge in [0, 0.05) is 18.6 Å². The molecule has 0 aliphatic rings. The average molecular weight is 247 g/mol. The second-order valence-corrected chi connectivity index (χ2v) is 4.28. The molecule has 1 unspecified atom stereocenters. The van der Waals surface area contributed by atoms with E-state index in [0.717, 1.165) is 42.9 Å². The number of ether oxygens (including phenoxy) is 1. The lowest BCUT2D eigenvalue weighted by molar-refractivity contribution is 0.134. The second-order valence-electron chi connectivity index (χ2n) is 4.28. The van der Waals surface area contributed by atoms with E-state index in [4.69, 9.17) is 9.15 Å². The molecule has 0 fully saturated rings. The molecule has 1 heterocycles. The van der Waals surface area contributed by atoms with Crippen molar-refractivity contribution in [2.24, 2.45) is 0 Å². The predicted octanol–water partition coefficient (Wildman–Crippen LogP) is 3.51. The Morgan fingerprint density at radius 2 is 2.11 bits per heavy atom. The molecule has 0 amide bonds. The molecule has 1 aromatic carbocycles. The maximum absolute atomic E-state index is 5.90. The average Bonchev–Trinajstić information content (AvgIpc) is 2.81. The van der Waals surface area contributed by atoms with Crippen LogP contribution in [-0.2, 0) is 4.74 Å². The molecule has 0 aliphatic carbocycles. The van der Waals surface area contributed by atoms with Crippen LogP contribution in [0.4, 0.5) is 0 Å². The lowest BCUT2D eigenvalue weighted by Crippen LogP contribution is -2.21. The molecule has 0 spiro atoms. The fourth-order valence-corrected chi connectivity index (χ4v) is 2.11. The Morgan fingerprint density at radius 1 is 1.28 bits per heavy atom. The Hall–Kier alpha value is -1.32. The summed E-state index contributed by atoms with van der Waals surface area (Å²) in [5.74, 6) is 0.998. The van der Waals surface area contributed by atoms with E-state index in [-0.39, 0.29) is 6.04 Å². The van der Waals surface area contributed by atoms with Gasteiger partial charge in [-0.3, -0.25) is 0 Å². The van der Waals surface area contributed by atoms with Crippen molar-refractivity contribution in [3.8, 4) is 0 Å². The number of rotatable bonds is 7. The summed E-state index contributed by atoms with van der Waals surface area (Å²) in [5.41, 5.74) is 0.951. The fourth-order valence-electron chi connectivity index (χ4n) is 2.11. The summed E-state index contributed by atoms with van der Waals surface area (Å²) < 4.78 is 11.3. The highest BCUT2D eigenvalue weighted by Crippen LogP contribution is 2.25. The van der Waals surface area contributed by atoms with Gasteiger partial charge in [-0.2, -0.15) is 0 Å². The zero-order chi connectivity index (χ0) is 12.8. The van der Waals surface area contributed by atoms with Crippen LogP contribution in [0.25, 0.3) is 11.0 Å². The first-order valence-corrected chi connectivity index (χ1v) is 6.64. The van der Waals surface area contributed by atoms with Gasteiger partial charge in [0.15, 0.2) is 0 Å². The molecule has 0 bridgehead atoms. The smallest absolute Gasteiger partial charge is 0.134 e. The summed E-state index contributed by atoms with van der Waals surface area (Å²) in [6.45, 7) is 6.57. The van der Waals surface area contributed by atoms with E-state index >= 15 is 0 Å². The lowest BCUT2D eigenvalue weighted by Gasteiger charge is -2.15. The molecule has 98 valence electrons. The molecule has 1 atom stereocenters. The minimum Gasteiger partial charge on any atom is -0.459 e. The number of hydrogen-bond donors (Lipinski definition) is 1. The van der Waals surface area contributed by atoms with Gasteiger partial charge < -0.3 is 14.5 Å². The van der Waals surface area contributed by atoms with E-state index in [1.54, 1.807) is 0 Å². The van der Waals surface area contributed by atoms with Crippen molar-refractivity contribution in [2.75, 3.05) is 19.8 Å². The van der Waals surface area contributed by atoms with Gasteiger partial charge in [0.25, 0.3) is 0 Å². The summed E-state index contributed by atoms with van der Waals surface area (Å²) >= 11 is 0. The Kier molecular flexibility index (Phi) is 4.79. The van der Waals surface area contributed by atoms with Crippen molar-refractivity contribution >= 4 is 11.0 Å². The van der Waals surface area contributed by atoms with Crippen LogP contribution in [0.5, 0.6) is 0 Å². The van der Waals surface area contributed by atoms with Crippen molar-refractivity contribution in [3.05, 3.63) is 36.1 Å². The van der Waals surface area contributed by atoms with E-state index in [1.165, 1.54) is 0 Å². The van der Waals surface area contributed by atoms with Gasteiger partial charge in [0.2, 0.25) is 0 Å².